The van der Waals surface area contributed by atoms with Crippen LogP contribution in [0.3, 0.4) is 0 Å². The first-order valence-corrected chi connectivity index (χ1v) is 10.4. The van der Waals surface area contributed by atoms with Crippen molar-refractivity contribution >= 4 is 23.5 Å². The molecule has 7 nitrogen and oxygen atoms in total. The zero-order chi connectivity index (χ0) is 22.1. The van der Waals surface area contributed by atoms with Gasteiger partial charge >= 0.3 is 0 Å². The fourth-order valence-electron chi connectivity index (χ4n) is 3.57. The molecule has 30 heavy (non-hydrogen) atoms. The molecule has 1 fully saturated rings. The molecular weight excluding hydrogens is 382 g/mol. The first kappa shape index (κ1) is 23.3. The van der Waals surface area contributed by atoms with Gasteiger partial charge in [-0.25, -0.2) is 0 Å². The molecule has 1 atom stereocenters. The summed E-state index contributed by atoms with van der Waals surface area (Å²) in [6.45, 7) is 9.23. The number of benzene rings is 1. The van der Waals surface area contributed by atoms with Crippen LogP contribution in [0.25, 0.3) is 0 Å². The Balaban J connectivity index is 1.88. The van der Waals surface area contributed by atoms with E-state index in [0.717, 1.165) is 6.42 Å². The molecule has 0 radical (unpaired) electrons. The summed E-state index contributed by atoms with van der Waals surface area (Å²) in [5.41, 5.74) is 1.12. The monoisotopic (exact) mass is 413 g/mol. The van der Waals surface area contributed by atoms with E-state index < -0.39 is 0 Å². The third-order valence-corrected chi connectivity index (χ3v) is 5.32. The Hall–Kier alpha value is -2.96. The molecule has 1 aliphatic heterocycles. The normalized spacial score (nSPS) is 14.7. The first-order valence-electron chi connectivity index (χ1n) is 10.4. The average molecular weight is 414 g/mol. The number of nitrogens with zero attached hydrogens (tertiary/aromatic N) is 2. The molecule has 7 heteroatoms. The van der Waals surface area contributed by atoms with Crippen LogP contribution in [0.15, 0.2) is 36.9 Å². The van der Waals surface area contributed by atoms with Crippen molar-refractivity contribution in [1.82, 2.24) is 15.1 Å². The summed E-state index contributed by atoms with van der Waals surface area (Å²) in [5.74, 6) is -0.269. The van der Waals surface area contributed by atoms with E-state index >= 15 is 0 Å². The number of hydrogen-bond donors (Lipinski definition) is 1. The Morgan fingerprint density at radius 3 is 2.10 bits per heavy atom. The van der Waals surface area contributed by atoms with Crippen molar-refractivity contribution in [2.24, 2.45) is 5.92 Å². The standard InChI is InChI=1S/C23H31N3O4/c1-4-6-20(7-5-12-24-18(3)28)22(29)25-13-15-26(16-14-25)23(30)21-10-8-19(9-11-21)17(2)27/h4,8-11,20H,1,5-7,12-16H2,2-3H3,(H,24,28). The molecule has 3 amide bonds. The van der Waals surface area contributed by atoms with Crippen molar-refractivity contribution in [3.8, 4) is 0 Å². The lowest BCUT2D eigenvalue weighted by Gasteiger charge is -2.36. The number of hydrogen-bond acceptors (Lipinski definition) is 4. The minimum Gasteiger partial charge on any atom is -0.356 e. The minimum absolute atomic E-state index is 0.0349. The first-order chi connectivity index (χ1) is 14.3. The molecular formula is C23H31N3O4. The van der Waals surface area contributed by atoms with Gasteiger partial charge in [-0.05, 0) is 38.3 Å². The second-order valence-corrected chi connectivity index (χ2v) is 7.60. The predicted octanol–water partition coefficient (Wildman–Crippen LogP) is 2.28. The van der Waals surface area contributed by atoms with Crippen molar-refractivity contribution in [2.75, 3.05) is 32.7 Å². The molecule has 162 valence electrons. The molecule has 0 aromatic heterocycles. The summed E-state index contributed by atoms with van der Waals surface area (Å²) in [7, 11) is 0. The van der Waals surface area contributed by atoms with Gasteiger partial charge in [-0.2, -0.15) is 0 Å². The van der Waals surface area contributed by atoms with E-state index in [-0.39, 0.29) is 29.4 Å². The van der Waals surface area contributed by atoms with E-state index in [1.165, 1.54) is 13.8 Å². The molecule has 1 N–H and O–H groups in total. The van der Waals surface area contributed by atoms with Crippen molar-refractivity contribution < 1.29 is 19.2 Å². The Morgan fingerprint density at radius 2 is 1.57 bits per heavy atom. The van der Waals surface area contributed by atoms with E-state index in [4.69, 9.17) is 0 Å². The summed E-state index contributed by atoms with van der Waals surface area (Å²) in [4.78, 5) is 51.6. The molecule has 1 saturated heterocycles. The molecule has 1 aliphatic rings. The molecule has 1 aromatic carbocycles. The number of amides is 3. The lowest BCUT2D eigenvalue weighted by atomic mass is 9.97. The van der Waals surface area contributed by atoms with Crippen LogP contribution in [-0.4, -0.2) is 66.0 Å². The maximum atomic E-state index is 12.9. The third-order valence-electron chi connectivity index (χ3n) is 5.32. The zero-order valence-electron chi connectivity index (χ0n) is 17.9. The van der Waals surface area contributed by atoms with Gasteiger partial charge in [-0.3, -0.25) is 19.2 Å². The highest BCUT2D eigenvalue weighted by molar-refractivity contribution is 5.97. The van der Waals surface area contributed by atoms with Crippen molar-refractivity contribution in [3.05, 3.63) is 48.0 Å². The van der Waals surface area contributed by atoms with Gasteiger partial charge in [0.25, 0.3) is 5.91 Å². The Bertz CT molecular complexity index is 780. The Labute approximate surface area is 178 Å². The number of allylic oxidation sites excluding steroid dienone is 1. The van der Waals surface area contributed by atoms with E-state index in [1.54, 1.807) is 35.2 Å². The number of piperazine rings is 1. The summed E-state index contributed by atoms with van der Waals surface area (Å²) in [6, 6.07) is 6.67. The Morgan fingerprint density at radius 1 is 1.00 bits per heavy atom. The highest BCUT2D eigenvalue weighted by Gasteiger charge is 2.28. The molecule has 0 aliphatic carbocycles. The van der Waals surface area contributed by atoms with Crippen LogP contribution in [0.2, 0.25) is 0 Å². The van der Waals surface area contributed by atoms with Crippen LogP contribution in [0.4, 0.5) is 0 Å². The molecule has 0 bridgehead atoms. The van der Waals surface area contributed by atoms with Crippen LogP contribution in [0.5, 0.6) is 0 Å². The number of carbonyl (C=O) groups is 4. The van der Waals surface area contributed by atoms with Gasteiger partial charge in [0.15, 0.2) is 5.78 Å². The number of nitrogens with one attached hydrogen (secondary N) is 1. The molecule has 2 rings (SSSR count). The van der Waals surface area contributed by atoms with Crippen LogP contribution in [-0.2, 0) is 9.59 Å². The van der Waals surface area contributed by atoms with Gasteiger partial charge in [0.1, 0.15) is 0 Å². The van der Waals surface area contributed by atoms with Gasteiger partial charge < -0.3 is 15.1 Å². The number of rotatable bonds is 9. The number of carbonyl (C=O) groups excluding carboxylic acids is 4. The van der Waals surface area contributed by atoms with Crippen LogP contribution >= 0.6 is 0 Å². The van der Waals surface area contributed by atoms with E-state index in [2.05, 4.69) is 11.9 Å². The molecule has 1 aromatic rings. The molecule has 0 saturated carbocycles. The highest BCUT2D eigenvalue weighted by Crippen LogP contribution is 2.18. The van der Waals surface area contributed by atoms with Crippen LogP contribution in [0, 0.1) is 5.92 Å². The second-order valence-electron chi connectivity index (χ2n) is 7.60. The smallest absolute Gasteiger partial charge is 0.253 e. The van der Waals surface area contributed by atoms with Crippen LogP contribution < -0.4 is 5.32 Å². The van der Waals surface area contributed by atoms with Gasteiger partial charge in [-0.1, -0.05) is 18.2 Å². The van der Waals surface area contributed by atoms with Crippen molar-refractivity contribution in [1.29, 1.82) is 0 Å². The molecule has 1 heterocycles. The van der Waals surface area contributed by atoms with E-state index in [0.29, 0.717) is 56.7 Å². The van der Waals surface area contributed by atoms with Gasteiger partial charge in [0.2, 0.25) is 11.8 Å². The van der Waals surface area contributed by atoms with Gasteiger partial charge in [-0.15, -0.1) is 6.58 Å². The summed E-state index contributed by atoms with van der Waals surface area (Å²) in [6.07, 6.45) is 3.78. The Kier molecular flexibility index (Phi) is 8.77. The van der Waals surface area contributed by atoms with E-state index in [1.807, 2.05) is 4.90 Å². The maximum absolute atomic E-state index is 12.9. The highest BCUT2D eigenvalue weighted by atomic mass is 16.2. The average Bonchev–Trinajstić information content (AvgIpc) is 2.75. The van der Waals surface area contributed by atoms with Crippen LogP contribution in [0.1, 0.15) is 53.8 Å². The molecule has 0 spiro atoms. The zero-order valence-corrected chi connectivity index (χ0v) is 17.9. The minimum atomic E-state index is -0.155. The second kappa shape index (κ2) is 11.3. The largest absolute Gasteiger partial charge is 0.356 e. The number of Topliss-reactive ketones (excluding diaryl/α,β-unsaturated/α-hetero) is 1. The lowest BCUT2D eigenvalue weighted by Crippen LogP contribution is -2.52. The fraction of sp³-hybridized carbons (Fsp3) is 0.478. The topological polar surface area (TPSA) is 86.8 Å². The lowest BCUT2D eigenvalue weighted by molar-refractivity contribution is -0.137. The third kappa shape index (κ3) is 6.54. The van der Waals surface area contributed by atoms with Crippen molar-refractivity contribution in [2.45, 2.75) is 33.1 Å². The van der Waals surface area contributed by atoms with Crippen molar-refractivity contribution in [3.63, 3.8) is 0 Å². The predicted molar refractivity (Wildman–Crippen MR) is 115 cm³/mol. The number of ketones is 1. The van der Waals surface area contributed by atoms with E-state index in [9.17, 15) is 19.2 Å². The fourth-order valence-corrected chi connectivity index (χ4v) is 3.57. The summed E-state index contributed by atoms with van der Waals surface area (Å²) < 4.78 is 0. The summed E-state index contributed by atoms with van der Waals surface area (Å²) >= 11 is 0. The molecule has 1 unspecified atom stereocenters. The van der Waals surface area contributed by atoms with Gasteiger partial charge in [0.05, 0.1) is 0 Å². The maximum Gasteiger partial charge on any atom is 0.253 e. The quantitative estimate of drug-likeness (QED) is 0.382. The summed E-state index contributed by atoms with van der Waals surface area (Å²) in [5, 5.41) is 2.75. The SMILES string of the molecule is C=CCC(CCCNC(C)=O)C(=O)N1CCN(C(=O)c2ccc(C(C)=O)cc2)CC1. The van der Waals surface area contributed by atoms with Gasteiger partial charge in [0, 0.05) is 56.7 Å².